The third-order valence-corrected chi connectivity index (χ3v) is 5.13. The van der Waals surface area contributed by atoms with Gasteiger partial charge >= 0.3 is 0 Å². The first-order valence-electron chi connectivity index (χ1n) is 8.71. The van der Waals surface area contributed by atoms with Crippen LogP contribution < -0.4 is 10.1 Å². The molecule has 3 aromatic rings. The van der Waals surface area contributed by atoms with Crippen molar-refractivity contribution in [1.82, 2.24) is 10.3 Å². The lowest BCUT2D eigenvalue weighted by molar-refractivity contribution is -0.123. The van der Waals surface area contributed by atoms with E-state index in [-0.39, 0.29) is 11.3 Å². The number of benzene rings is 2. The number of hydrogen-bond donors (Lipinski definition) is 2. The minimum Gasteiger partial charge on any atom is -0.497 e. The summed E-state index contributed by atoms with van der Waals surface area (Å²) in [5, 5.41) is 4.21. The number of hydrogen-bond acceptors (Lipinski definition) is 2. The average molecular weight is 334 g/mol. The number of nitrogens with one attached hydrogen (secondary N) is 2. The molecule has 4 heteroatoms. The van der Waals surface area contributed by atoms with Crippen molar-refractivity contribution < 1.29 is 9.53 Å². The Morgan fingerprint density at radius 3 is 2.72 bits per heavy atom. The van der Waals surface area contributed by atoms with E-state index in [1.54, 1.807) is 7.11 Å². The van der Waals surface area contributed by atoms with E-state index in [0.717, 1.165) is 41.5 Å². The molecule has 1 saturated carbocycles. The largest absolute Gasteiger partial charge is 0.497 e. The van der Waals surface area contributed by atoms with Crippen LogP contribution in [0.5, 0.6) is 5.75 Å². The second-order valence-corrected chi connectivity index (χ2v) is 6.69. The molecular formula is C21H22N2O2. The Morgan fingerprint density at radius 2 is 2.00 bits per heavy atom. The molecule has 0 saturated heterocycles. The van der Waals surface area contributed by atoms with Crippen molar-refractivity contribution in [3.8, 4) is 5.75 Å². The number of methoxy groups -OCH3 is 1. The highest BCUT2D eigenvalue weighted by Gasteiger charge is 2.52. The van der Waals surface area contributed by atoms with Gasteiger partial charge in [0.15, 0.2) is 0 Å². The Balaban J connectivity index is 1.51. The highest BCUT2D eigenvalue weighted by molar-refractivity contribution is 5.98. The van der Waals surface area contributed by atoms with E-state index in [4.69, 9.17) is 4.74 Å². The van der Waals surface area contributed by atoms with Gasteiger partial charge in [-0.3, -0.25) is 4.79 Å². The monoisotopic (exact) mass is 334 g/mol. The molecule has 1 aromatic heterocycles. The van der Waals surface area contributed by atoms with E-state index in [9.17, 15) is 4.79 Å². The number of ether oxygens (including phenoxy) is 1. The lowest BCUT2D eigenvalue weighted by Gasteiger charge is -2.15. The van der Waals surface area contributed by atoms with Crippen LogP contribution in [0.15, 0.2) is 54.7 Å². The molecule has 2 aromatic carbocycles. The molecular weight excluding hydrogens is 312 g/mol. The fraction of sp³-hybridized carbons (Fsp3) is 0.286. The van der Waals surface area contributed by atoms with Crippen molar-refractivity contribution in [3.63, 3.8) is 0 Å². The van der Waals surface area contributed by atoms with Crippen molar-refractivity contribution in [2.45, 2.75) is 24.7 Å². The van der Waals surface area contributed by atoms with Crippen LogP contribution in [0.4, 0.5) is 0 Å². The molecule has 0 unspecified atom stereocenters. The Kier molecular flexibility index (Phi) is 3.96. The number of aromatic nitrogens is 1. The van der Waals surface area contributed by atoms with Gasteiger partial charge in [-0.15, -0.1) is 0 Å². The van der Waals surface area contributed by atoms with Crippen molar-refractivity contribution in [2.75, 3.05) is 13.7 Å². The predicted octanol–water partition coefficient (Wildman–Crippen LogP) is 3.57. The van der Waals surface area contributed by atoms with Gasteiger partial charge in [0.1, 0.15) is 5.75 Å². The molecule has 1 heterocycles. The van der Waals surface area contributed by atoms with Crippen LogP contribution in [-0.4, -0.2) is 24.5 Å². The molecule has 2 N–H and O–H groups in total. The van der Waals surface area contributed by atoms with Gasteiger partial charge in [0.05, 0.1) is 12.5 Å². The minimum absolute atomic E-state index is 0.132. The number of H-pyrrole nitrogens is 1. The van der Waals surface area contributed by atoms with E-state index in [2.05, 4.69) is 22.4 Å². The van der Waals surface area contributed by atoms with Crippen LogP contribution in [0.25, 0.3) is 10.9 Å². The van der Waals surface area contributed by atoms with Crippen LogP contribution in [-0.2, 0) is 16.6 Å². The Bertz CT molecular complexity index is 895. The quantitative estimate of drug-likeness (QED) is 0.724. The highest BCUT2D eigenvalue weighted by atomic mass is 16.5. The summed E-state index contributed by atoms with van der Waals surface area (Å²) in [6.07, 6.45) is 4.63. The summed E-state index contributed by atoms with van der Waals surface area (Å²) in [7, 11) is 1.66. The van der Waals surface area contributed by atoms with Gasteiger partial charge in [-0.25, -0.2) is 0 Å². The summed E-state index contributed by atoms with van der Waals surface area (Å²) in [5.41, 5.74) is 2.98. The topological polar surface area (TPSA) is 54.1 Å². The fourth-order valence-corrected chi connectivity index (χ4v) is 3.50. The summed E-state index contributed by atoms with van der Waals surface area (Å²) >= 11 is 0. The van der Waals surface area contributed by atoms with Crippen LogP contribution in [0.3, 0.4) is 0 Å². The maximum absolute atomic E-state index is 12.9. The molecule has 4 nitrogen and oxygen atoms in total. The molecule has 1 aliphatic carbocycles. The third-order valence-electron chi connectivity index (χ3n) is 5.13. The maximum atomic E-state index is 12.9. The second kappa shape index (κ2) is 6.28. The van der Waals surface area contributed by atoms with Crippen molar-refractivity contribution >= 4 is 16.8 Å². The number of rotatable bonds is 6. The molecule has 1 amide bonds. The third kappa shape index (κ3) is 2.88. The summed E-state index contributed by atoms with van der Waals surface area (Å²) < 4.78 is 5.34. The molecule has 0 bridgehead atoms. The van der Waals surface area contributed by atoms with Crippen molar-refractivity contribution in [2.24, 2.45) is 0 Å². The maximum Gasteiger partial charge on any atom is 0.230 e. The number of aromatic amines is 1. The molecule has 25 heavy (non-hydrogen) atoms. The van der Waals surface area contributed by atoms with E-state index in [1.165, 1.54) is 5.56 Å². The summed E-state index contributed by atoms with van der Waals surface area (Å²) in [5.74, 6) is 0.945. The van der Waals surface area contributed by atoms with Crippen LogP contribution >= 0.6 is 0 Å². The van der Waals surface area contributed by atoms with Crippen LogP contribution in [0.1, 0.15) is 24.0 Å². The Hall–Kier alpha value is -2.75. The number of carbonyl (C=O) groups is 1. The number of amides is 1. The van der Waals surface area contributed by atoms with Crippen molar-refractivity contribution in [1.29, 1.82) is 0 Å². The molecule has 128 valence electrons. The Labute approximate surface area is 147 Å². The molecule has 4 rings (SSSR count). The summed E-state index contributed by atoms with van der Waals surface area (Å²) in [6, 6.07) is 16.2. The smallest absolute Gasteiger partial charge is 0.230 e. The molecule has 1 aliphatic rings. The summed E-state index contributed by atoms with van der Waals surface area (Å²) in [4.78, 5) is 16.1. The molecule has 0 atom stereocenters. The van der Waals surface area contributed by atoms with Gasteiger partial charge in [-0.2, -0.15) is 0 Å². The summed E-state index contributed by atoms with van der Waals surface area (Å²) in [6.45, 7) is 0.663. The first-order valence-corrected chi connectivity index (χ1v) is 8.71. The van der Waals surface area contributed by atoms with Gasteiger partial charge in [-0.05, 0) is 48.6 Å². The molecule has 0 spiro atoms. The first kappa shape index (κ1) is 15.8. The predicted molar refractivity (Wildman–Crippen MR) is 98.9 cm³/mol. The lowest BCUT2D eigenvalue weighted by atomic mass is 9.94. The Morgan fingerprint density at radius 1 is 1.20 bits per heavy atom. The minimum atomic E-state index is -0.388. The zero-order valence-electron chi connectivity index (χ0n) is 14.3. The highest BCUT2D eigenvalue weighted by Crippen LogP contribution is 2.51. The molecule has 1 fully saturated rings. The van der Waals surface area contributed by atoms with Gasteiger partial charge in [0, 0.05) is 23.6 Å². The van der Waals surface area contributed by atoms with Gasteiger partial charge in [0.2, 0.25) is 5.91 Å². The van der Waals surface area contributed by atoms with E-state index >= 15 is 0 Å². The van der Waals surface area contributed by atoms with Crippen LogP contribution in [0.2, 0.25) is 0 Å². The molecule has 0 aliphatic heterocycles. The zero-order valence-corrected chi connectivity index (χ0v) is 14.3. The molecule has 0 radical (unpaired) electrons. The number of fused-ring (bicyclic) bond motifs is 1. The standard InChI is InChI=1S/C21H22N2O2/c1-25-16-7-8-19-17(13-16)18(14-23-19)21(10-11-21)20(24)22-12-9-15-5-3-2-4-6-15/h2-8,13-14,23H,9-12H2,1H3,(H,22,24). The van der Waals surface area contributed by atoms with Crippen LogP contribution in [0, 0.1) is 0 Å². The second-order valence-electron chi connectivity index (χ2n) is 6.69. The van der Waals surface area contributed by atoms with E-state index in [0.29, 0.717) is 6.54 Å². The first-order chi connectivity index (χ1) is 12.2. The van der Waals surface area contributed by atoms with Gasteiger partial charge in [0.25, 0.3) is 0 Å². The van der Waals surface area contributed by atoms with E-state index in [1.807, 2.05) is 42.6 Å². The number of carbonyl (C=O) groups excluding carboxylic acids is 1. The fourth-order valence-electron chi connectivity index (χ4n) is 3.50. The van der Waals surface area contributed by atoms with E-state index < -0.39 is 0 Å². The lowest BCUT2D eigenvalue weighted by Crippen LogP contribution is -2.35. The average Bonchev–Trinajstić information content (AvgIpc) is 3.35. The van der Waals surface area contributed by atoms with Crippen molar-refractivity contribution in [3.05, 3.63) is 65.9 Å². The SMILES string of the molecule is COc1ccc2[nH]cc(C3(C(=O)NCCc4ccccc4)CC3)c2c1. The zero-order chi connectivity index (χ0) is 17.3. The van der Waals surface area contributed by atoms with Gasteiger partial charge < -0.3 is 15.0 Å². The normalized spacial score (nSPS) is 15.1. The van der Waals surface area contributed by atoms with Gasteiger partial charge in [-0.1, -0.05) is 30.3 Å².